The van der Waals surface area contributed by atoms with Gasteiger partial charge in [0.25, 0.3) is 5.91 Å². The van der Waals surface area contributed by atoms with Gasteiger partial charge in [0.05, 0.1) is 11.0 Å². The molecule has 1 amide bonds. The molecule has 0 bridgehead atoms. The van der Waals surface area contributed by atoms with Gasteiger partial charge in [-0.1, -0.05) is 35.1 Å². The zero-order chi connectivity index (χ0) is 12.1. The monoisotopic (exact) mass is 300 g/mol. The second kappa shape index (κ2) is 5.96. The third kappa shape index (κ3) is 3.57. The Morgan fingerprint density at radius 3 is 2.50 bits per heavy atom. The van der Waals surface area contributed by atoms with Crippen LogP contribution in [-0.4, -0.2) is 16.9 Å². The maximum absolute atomic E-state index is 11.8. The Kier molecular flexibility index (Phi) is 4.89. The van der Waals surface area contributed by atoms with Crippen molar-refractivity contribution in [1.29, 1.82) is 0 Å². The zero-order valence-corrected chi connectivity index (χ0v) is 11.3. The molecular formula is C11H13BrN2OS. The van der Waals surface area contributed by atoms with E-state index < -0.39 is 0 Å². The minimum absolute atomic E-state index is 0.160. The normalized spacial score (nSPS) is 11.9. The molecule has 0 saturated heterocycles. The Labute approximate surface area is 109 Å². The van der Waals surface area contributed by atoms with Crippen molar-refractivity contribution in [2.24, 2.45) is 5.73 Å². The second-order valence-electron chi connectivity index (χ2n) is 3.34. The quantitative estimate of drug-likeness (QED) is 0.839. The molecule has 86 valence electrons. The van der Waals surface area contributed by atoms with Crippen LogP contribution in [0.1, 0.15) is 23.7 Å². The Balaban J connectivity index is 2.71. The van der Waals surface area contributed by atoms with Crippen LogP contribution in [0.15, 0.2) is 28.7 Å². The Bertz CT molecular complexity index is 391. The molecule has 0 aliphatic carbocycles. The molecule has 0 spiro atoms. The first kappa shape index (κ1) is 13.1. The van der Waals surface area contributed by atoms with E-state index in [4.69, 9.17) is 18.0 Å². The van der Waals surface area contributed by atoms with Crippen molar-refractivity contribution in [2.75, 3.05) is 0 Å². The van der Waals surface area contributed by atoms with Gasteiger partial charge in [0, 0.05) is 10.0 Å². The Morgan fingerprint density at radius 1 is 1.50 bits per heavy atom. The standard InChI is InChI=1S/C11H13BrN2OS/c1-2-9(10(13)16)14-11(15)7-3-5-8(12)6-4-7/h3-6,9H,2H2,1H3,(H2,13,16)(H,14,15). The molecular weight excluding hydrogens is 288 g/mol. The van der Waals surface area contributed by atoms with E-state index in [0.717, 1.165) is 4.47 Å². The van der Waals surface area contributed by atoms with Crippen molar-refractivity contribution < 1.29 is 4.79 Å². The summed E-state index contributed by atoms with van der Waals surface area (Å²) in [6, 6.07) is 6.87. The van der Waals surface area contributed by atoms with Gasteiger partial charge in [-0.05, 0) is 30.7 Å². The van der Waals surface area contributed by atoms with Crippen molar-refractivity contribution in [2.45, 2.75) is 19.4 Å². The lowest BCUT2D eigenvalue weighted by molar-refractivity contribution is 0.0946. The number of thiocarbonyl (C=S) groups is 1. The molecule has 1 aromatic rings. The van der Waals surface area contributed by atoms with Gasteiger partial charge in [0.15, 0.2) is 0 Å². The van der Waals surface area contributed by atoms with Crippen molar-refractivity contribution >= 4 is 39.0 Å². The minimum Gasteiger partial charge on any atom is -0.392 e. The summed E-state index contributed by atoms with van der Waals surface area (Å²) in [6.45, 7) is 1.92. The van der Waals surface area contributed by atoms with E-state index in [0.29, 0.717) is 17.0 Å². The fourth-order valence-electron chi connectivity index (χ4n) is 1.22. The molecule has 0 aromatic heterocycles. The smallest absolute Gasteiger partial charge is 0.251 e. The summed E-state index contributed by atoms with van der Waals surface area (Å²) >= 11 is 8.17. The lowest BCUT2D eigenvalue weighted by Gasteiger charge is -2.15. The average Bonchev–Trinajstić information content (AvgIpc) is 2.26. The summed E-state index contributed by atoms with van der Waals surface area (Å²) in [5.74, 6) is -0.160. The molecule has 0 saturated carbocycles. The largest absolute Gasteiger partial charge is 0.392 e. The van der Waals surface area contributed by atoms with Crippen LogP contribution < -0.4 is 11.1 Å². The Hall–Kier alpha value is -0.940. The fourth-order valence-corrected chi connectivity index (χ4v) is 1.71. The van der Waals surface area contributed by atoms with E-state index in [2.05, 4.69) is 21.2 Å². The number of carbonyl (C=O) groups is 1. The number of rotatable bonds is 4. The molecule has 16 heavy (non-hydrogen) atoms. The predicted octanol–water partition coefficient (Wildman–Crippen LogP) is 2.24. The molecule has 0 fully saturated rings. The van der Waals surface area contributed by atoms with Gasteiger partial charge in [0.2, 0.25) is 0 Å². The summed E-state index contributed by atoms with van der Waals surface area (Å²) in [5, 5.41) is 2.78. The Morgan fingerprint density at radius 2 is 2.06 bits per heavy atom. The number of carbonyl (C=O) groups excluding carboxylic acids is 1. The summed E-state index contributed by atoms with van der Waals surface area (Å²) < 4.78 is 0.936. The van der Waals surface area contributed by atoms with Crippen LogP contribution in [0.4, 0.5) is 0 Å². The van der Waals surface area contributed by atoms with Crippen molar-refractivity contribution in [3.63, 3.8) is 0 Å². The van der Waals surface area contributed by atoms with Crippen LogP contribution in [0.3, 0.4) is 0 Å². The van der Waals surface area contributed by atoms with Crippen LogP contribution in [0.5, 0.6) is 0 Å². The number of hydrogen-bond acceptors (Lipinski definition) is 2. The van der Waals surface area contributed by atoms with Gasteiger partial charge in [-0.15, -0.1) is 0 Å². The molecule has 3 N–H and O–H groups in total. The number of halogens is 1. The van der Waals surface area contributed by atoms with Gasteiger partial charge in [-0.25, -0.2) is 0 Å². The highest BCUT2D eigenvalue weighted by atomic mass is 79.9. The van der Waals surface area contributed by atoms with Gasteiger partial charge in [0.1, 0.15) is 0 Å². The molecule has 0 aliphatic rings. The van der Waals surface area contributed by atoms with E-state index >= 15 is 0 Å². The predicted molar refractivity (Wildman–Crippen MR) is 72.5 cm³/mol. The topological polar surface area (TPSA) is 55.1 Å². The van der Waals surface area contributed by atoms with E-state index in [1.165, 1.54) is 0 Å². The van der Waals surface area contributed by atoms with Crippen LogP contribution in [0.2, 0.25) is 0 Å². The molecule has 1 unspecified atom stereocenters. The summed E-state index contributed by atoms with van der Waals surface area (Å²) in [6.07, 6.45) is 0.692. The highest BCUT2D eigenvalue weighted by Gasteiger charge is 2.13. The molecule has 5 heteroatoms. The van der Waals surface area contributed by atoms with Gasteiger partial charge in [-0.2, -0.15) is 0 Å². The summed E-state index contributed by atoms with van der Waals surface area (Å²) in [4.78, 5) is 12.1. The number of nitrogens with two attached hydrogens (primary N) is 1. The first-order valence-electron chi connectivity index (χ1n) is 4.90. The van der Waals surface area contributed by atoms with E-state index in [9.17, 15) is 4.79 Å². The summed E-state index contributed by atoms with van der Waals surface area (Å²) in [5.41, 5.74) is 6.10. The molecule has 1 rings (SSSR count). The molecule has 0 heterocycles. The number of hydrogen-bond donors (Lipinski definition) is 2. The van der Waals surface area contributed by atoms with Crippen molar-refractivity contribution in [3.05, 3.63) is 34.3 Å². The maximum Gasteiger partial charge on any atom is 0.251 e. The third-order valence-electron chi connectivity index (χ3n) is 2.16. The fraction of sp³-hybridized carbons (Fsp3) is 0.273. The molecule has 1 aromatic carbocycles. The third-order valence-corrected chi connectivity index (χ3v) is 2.98. The first-order valence-corrected chi connectivity index (χ1v) is 6.10. The van der Waals surface area contributed by atoms with E-state index in [-0.39, 0.29) is 11.9 Å². The second-order valence-corrected chi connectivity index (χ2v) is 4.73. The van der Waals surface area contributed by atoms with Crippen molar-refractivity contribution in [3.8, 4) is 0 Å². The molecule has 0 aliphatic heterocycles. The SMILES string of the molecule is CCC(NC(=O)c1ccc(Br)cc1)C(N)=S. The van der Waals surface area contributed by atoms with E-state index in [1.54, 1.807) is 12.1 Å². The van der Waals surface area contributed by atoms with Crippen LogP contribution >= 0.6 is 28.1 Å². The lowest BCUT2D eigenvalue weighted by atomic mass is 10.1. The highest BCUT2D eigenvalue weighted by Crippen LogP contribution is 2.10. The number of benzene rings is 1. The zero-order valence-electron chi connectivity index (χ0n) is 8.87. The van der Waals surface area contributed by atoms with Crippen LogP contribution in [-0.2, 0) is 0 Å². The molecule has 1 atom stereocenters. The molecule has 0 radical (unpaired) electrons. The molecule has 3 nitrogen and oxygen atoms in total. The lowest BCUT2D eigenvalue weighted by Crippen LogP contribution is -2.42. The summed E-state index contributed by atoms with van der Waals surface area (Å²) in [7, 11) is 0. The number of nitrogens with one attached hydrogen (secondary N) is 1. The first-order chi connectivity index (χ1) is 7.54. The van der Waals surface area contributed by atoms with Crippen LogP contribution in [0, 0.1) is 0 Å². The van der Waals surface area contributed by atoms with Crippen LogP contribution in [0.25, 0.3) is 0 Å². The van der Waals surface area contributed by atoms with Gasteiger partial charge >= 0.3 is 0 Å². The van der Waals surface area contributed by atoms with Crippen molar-refractivity contribution in [1.82, 2.24) is 5.32 Å². The number of amides is 1. The van der Waals surface area contributed by atoms with E-state index in [1.807, 2.05) is 19.1 Å². The maximum atomic E-state index is 11.8. The van der Waals surface area contributed by atoms with Gasteiger partial charge in [-0.3, -0.25) is 4.79 Å². The minimum atomic E-state index is -0.244. The average molecular weight is 301 g/mol. The highest BCUT2D eigenvalue weighted by molar-refractivity contribution is 9.10. The van der Waals surface area contributed by atoms with Gasteiger partial charge < -0.3 is 11.1 Å².